The minimum atomic E-state index is -6.72. The van der Waals surface area contributed by atoms with Crippen LogP contribution in [-0.2, 0) is 42.7 Å². The largest absolute Gasteiger partial charge is 0.480 e. The summed E-state index contributed by atoms with van der Waals surface area (Å²) in [5, 5.41) is 2.74. The zero-order valence-corrected chi connectivity index (χ0v) is 22.4. The SMILES string of the molecule is CCCC[n+]1ccn(CCOC(=O)NCCCCCCN=C=O)c1.O=S(=O)([N-]S(=O)(=O)C(F)(F)F)C(F)(F)F. The van der Waals surface area contributed by atoms with E-state index in [4.69, 9.17) is 4.74 Å². The number of halogens is 6. The Labute approximate surface area is 221 Å². The molecule has 0 bridgehead atoms. The van der Waals surface area contributed by atoms with Gasteiger partial charge in [0.05, 0.1) is 13.1 Å². The Morgan fingerprint density at radius 2 is 1.62 bits per heavy atom. The summed E-state index contributed by atoms with van der Waals surface area (Å²) < 4.78 is 119. The Balaban J connectivity index is 0.000000830. The van der Waals surface area contributed by atoms with Crippen molar-refractivity contribution in [3.8, 4) is 0 Å². The fraction of sp³-hybridized carbons (Fsp3) is 0.737. The number of nitrogens with zero attached hydrogens (tertiary/aromatic N) is 4. The minimum absolute atomic E-state index is 0.359. The van der Waals surface area contributed by atoms with Crippen LogP contribution in [0.5, 0.6) is 0 Å². The summed E-state index contributed by atoms with van der Waals surface area (Å²) in [5.41, 5.74) is -12.4. The number of amides is 1. The molecular formula is C19H29F6N5O7S2. The molecule has 0 atom stereocenters. The molecule has 12 nitrogen and oxygen atoms in total. The number of alkyl halides is 6. The van der Waals surface area contributed by atoms with Crippen molar-refractivity contribution < 1.29 is 62.1 Å². The first kappa shape index (κ1) is 36.3. The molecule has 0 fully saturated rings. The molecular weight excluding hydrogens is 588 g/mol. The van der Waals surface area contributed by atoms with Crippen molar-refractivity contribution in [2.45, 2.75) is 69.6 Å². The van der Waals surface area contributed by atoms with Crippen LogP contribution < -0.4 is 9.88 Å². The van der Waals surface area contributed by atoms with E-state index in [1.165, 1.54) is 12.5 Å². The highest BCUT2D eigenvalue weighted by molar-refractivity contribution is 8.13. The summed E-state index contributed by atoms with van der Waals surface area (Å²) in [4.78, 5) is 24.9. The fourth-order valence-electron chi connectivity index (χ4n) is 2.46. The Hall–Kier alpha value is -2.70. The van der Waals surface area contributed by atoms with Crippen molar-refractivity contribution in [2.75, 3.05) is 19.7 Å². The van der Waals surface area contributed by atoms with Crippen molar-refractivity contribution in [1.82, 2.24) is 9.88 Å². The van der Waals surface area contributed by atoms with Gasteiger partial charge in [0, 0.05) is 6.54 Å². The van der Waals surface area contributed by atoms with E-state index in [0.29, 0.717) is 26.2 Å². The van der Waals surface area contributed by atoms with Crippen molar-refractivity contribution in [3.05, 3.63) is 22.8 Å². The maximum Gasteiger partial charge on any atom is 0.480 e. The van der Waals surface area contributed by atoms with E-state index in [1.54, 1.807) is 0 Å². The van der Waals surface area contributed by atoms with Gasteiger partial charge in [0.2, 0.25) is 12.4 Å². The van der Waals surface area contributed by atoms with Gasteiger partial charge in [0.25, 0.3) is 0 Å². The first-order valence-electron chi connectivity index (χ1n) is 11.3. The normalized spacial score (nSPS) is 12.2. The van der Waals surface area contributed by atoms with Crippen molar-refractivity contribution in [3.63, 3.8) is 0 Å². The minimum Gasteiger partial charge on any atom is -0.445 e. The van der Waals surface area contributed by atoms with Gasteiger partial charge in [-0.15, -0.1) is 0 Å². The molecule has 0 aliphatic heterocycles. The van der Waals surface area contributed by atoms with E-state index in [0.717, 1.165) is 42.8 Å². The molecule has 0 aromatic carbocycles. The van der Waals surface area contributed by atoms with E-state index in [2.05, 4.69) is 21.8 Å². The van der Waals surface area contributed by atoms with E-state index in [9.17, 15) is 52.8 Å². The summed E-state index contributed by atoms with van der Waals surface area (Å²) in [6.07, 6.45) is 13.3. The number of carbonyl (C=O) groups excluding carboxylic acids is 2. The van der Waals surface area contributed by atoms with Crippen LogP contribution in [0, 0.1) is 0 Å². The van der Waals surface area contributed by atoms with Crippen LogP contribution in [0.25, 0.3) is 4.13 Å². The molecule has 1 heterocycles. The van der Waals surface area contributed by atoms with Gasteiger partial charge in [-0.1, -0.05) is 26.2 Å². The number of ether oxygens (including phenoxy) is 1. The van der Waals surface area contributed by atoms with Crippen LogP contribution in [0.2, 0.25) is 0 Å². The highest BCUT2D eigenvalue weighted by Gasteiger charge is 2.46. The highest BCUT2D eigenvalue weighted by atomic mass is 32.3. The lowest BCUT2D eigenvalue weighted by molar-refractivity contribution is -0.696. The fourth-order valence-corrected chi connectivity index (χ4v) is 4.17. The summed E-state index contributed by atoms with van der Waals surface area (Å²) in [6, 6.07) is 0. The quantitative estimate of drug-likeness (QED) is 0.104. The predicted molar refractivity (Wildman–Crippen MR) is 124 cm³/mol. The van der Waals surface area contributed by atoms with Gasteiger partial charge in [-0.3, -0.25) is 0 Å². The number of alkyl carbamates (subject to hydrolysis) is 1. The van der Waals surface area contributed by atoms with Crippen molar-refractivity contribution in [1.29, 1.82) is 0 Å². The monoisotopic (exact) mass is 617 g/mol. The maximum absolute atomic E-state index is 11.5. The Morgan fingerprint density at radius 1 is 1.03 bits per heavy atom. The third-order valence-electron chi connectivity index (χ3n) is 4.41. The average molecular weight is 618 g/mol. The molecule has 1 aromatic rings. The molecule has 0 unspecified atom stereocenters. The Bertz CT molecular complexity index is 1090. The van der Waals surface area contributed by atoms with Gasteiger partial charge in [0.1, 0.15) is 25.5 Å². The first-order chi connectivity index (χ1) is 18.0. The lowest BCUT2D eigenvalue weighted by Crippen LogP contribution is -2.31. The zero-order chi connectivity index (χ0) is 30.2. The zero-order valence-electron chi connectivity index (χ0n) is 20.7. The third kappa shape index (κ3) is 15.5. The number of imidazole rings is 1. The number of rotatable bonds is 15. The number of isocyanates is 1. The van der Waals surface area contributed by atoms with E-state index >= 15 is 0 Å². The number of aliphatic imine (C=N–C) groups is 1. The second-order valence-electron chi connectivity index (χ2n) is 7.61. The number of nitrogens with one attached hydrogen (secondary N) is 1. The number of hydrogen-bond acceptors (Lipinski definition) is 8. The Kier molecular flexibility index (Phi) is 15.9. The number of hydrogen-bond donors (Lipinski definition) is 1. The lowest BCUT2D eigenvalue weighted by Gasteiger charge is -2.22. The molecule has 0 saturated heterocycles. The molecule has 0 radical (unpaired) electrons. The molecule has 1 aromatic heterocycles. The van der Waals surface area contributed by atoms with E-state index < -0.39 is 31.1 Å². The molecule has 0 saturated carbocycles. The number of aryl methyl sites for hydroxylation is 1. The molecule has 226 valence electrons. The molecule has 39 heavy (non-hydrogen) atoms. The molecule has 20 heteroatoms. The molecule has 1 N–H and O–H groups in total. The number of unbranched alkanes of at least 4 members (excludes halogenated alkanes) is 4. The molecule has 1 rings (SSSR count). The lowest BCUT2D eigenvalue weighted by atomic mass is 10.2. The molecule has 1 amide bonds. The van der Waals surface area contributed by atoms with Crippen LogP contribution >= 0.6 is 0 Å². The van der Waals surface area contributed by atoms with Crippen molar-refractivity contribution in [2.24, 2.45) is 4.99 Å². The predicted octanol–water partition coefficient (Wildman–Crippen LogP) is 3.26. The second kappa shape index (κ2) is 17.1. The van der Waals surface area contributed by atoms with Gasteiger partial charge in [-0.2, -0.15) is 26.3 Å². The first-order valence-corrected chi connectivity index (χ1v) is 14.2. The second-order valence-corrected chi connectivity index (χ2v) is 11.0. The standard InChI is InChI=1S/C17H28N4O3.C2F6NO4S2/c1-2-3-10-20-11-12-21(16-20)13-14-24-17(23)19-9-7-5-4-6-8-18-15-22;3-1(4,5)14(10,11)9-15(12,13)2(6,7)8/h11-12,16H,2-10,13-14H2,1H3;/q;-1/p+1. The summed E-state index contributed by atoms with van der Waals surface area (Å²) >= 11 is 0. The van der Waals surface area contributed by atoms with Gasteiger partial charge in [0.15, 0.2) is 20.0 Å². The summed E-state index contributed by atoms with van der Waals surface area (Å²) in [7, 11) is -13.4. The van der Waals surface area contributed by atoms with Crippen LogP contribution in [0.3, 0.4) is 0 Å². The third-order valence-corrected chi connectivity index (χ3v) is 7.15. The van der Waals surface area contributed by atoms with Crippen molar-refractivity contribution >= 4 is 32.2 Å². The number of sulfonamides is 2. The van der Waals surface area contributed by atoms with Crippen LogP contribution in [0.15, 0.2) is 23.7 Å². The Morgan fingerprint density at radius 3 is 2.15 bits per heavy atom. The average Bonchev–Trinajstić information content (AvgIpc) is 3.25. The van der Waals surface area contributed by atoms with Gasteiger partial charge in [-0.25, -0.2) is 40.6 Å². The highest BCUT2D eigenvalue weighted by Crippen LogP contribution is 2.36. The smallest absolute Gasteiger partial charge is 0.445 e. The summed E-state index contributed by atoms with van der Waals surface area (Å²) in [5.74, 6) is 0. The van der Waals surface area contributed by atoms with E-state index in [-0.39, 0.29) is 6.09 Å². The molecule has 0 spiro atoms. The van der Waals surface area contributed by atoms with Crippen LogP contribution in [0.4, 0.5) is 31.1 Å². The van der Waals surface area contributed by atoms with Gasteiger partial charge in [-0.05, 0) is 19.3 Å². The van der Waals surface area contributed by atoms with E-state index in [1.807, 2.05) is 23.3 Å². The molecule has 0 aliphatic carbocycles. The van der Waals surface area contributed by atoms with Crippen LogP contribution in [0.1, 0.15) is 45.4 Å². The molecule has 0 aliphatic rings. The van der Waals surface area contributed by atoms with Crippen LogP contribution in [-0.4, -0.2) is 64.3 Å². The number of carbonyl (C=O) groups is 1. The maximum atomic E-state index is 11.5. The van der Waals surface area contributed by atoms with Gasteiger partial charge < -0.3 is 14.2 Å². The number of aromatic nitrogens is 2. The summed E-state index contributed by atoms with van der Waals surface area (Å²) in [6.45, 7) is 5.35. The topological polar surface area (TPSA) is 159 Å². The van der Waals surface area contributed by atoms with Gasteiger partial charge >= 0.3 is 17.1 Å².